The topological polar surface area (TPSA) is 49.3 Å². The number of carbonyl (C=O) groups is 1. The maximum atomic E-state index is 12.2. The van der Waals surface area contributed by atoms with Crippen molar-refractivity contribution in [2.45, 2.75) is 26.3 Å². The summed E-state index contributed by atoms with van der Waals surface area (Å²) in [6, 6.07) is 14.8. The molecule has 0 bridgehead atoms. The molecule has 0 radical (unpaired) electrons. The van der Waals surface area contributed by atoms with Gasteiger partial charge < -0.3 is 10.4 Å². The van der Waals surface area contributed by atoms with Crippen LogP contribution in [0.15, 0.2) is 48.5 Å². The van der Waals surface area contributed by atoms with E-state index in [1.165, 1.54) is 6.07 Å². The molecule has 2 rings (SSSR count). The number of hydrogen-bond acceptors (Lipinski definition) is 2. The first-order chi connectivity index (χ1) is 9.61. The third-order valence-electron chi connectivity index (χ3n) is 3.39. The molecule has 0 aromatic heterocycles. The van der Waals surface area contributed by atoms with E-state index < -0.39 is 0 Å². The van der Waals surface area contributed by atoms with Crippen LogP contribution in [0.5, 0.6) is 5.75 Å². The standard InChI is InChI=1S/C17H19NO2/c1-3-15(13-7-5-4-6-8-13)18-17(20)14-10-9-12(2)16(19)11-14/h4-11,15,19H,3H2,1-2H3,(H,18,20). The van der Waals surface area contributed by atoms with E-state index in [0.717, 1.165) is 17.5 Å². The predicted molar refractivity (Wildman–Crippen MR) is 79.8 cm³/mol. The summed E-state index contributed by atoms with van der Waals surface area (Å²) in [7, 11) is 0. The van der Waals surface area contributed by atoms with Gasteiger partial charge in [0, 0.05) is 5.56 Å². The summed E-state index contributed by atoms with van der Waals surface area (Å²) in [6.45, 7) is 3.83. The second kappa shape index (κ2) is 6.24. The summed E-state index contributed by atoms with van der Waals surface area (Å²) < 4.78 is 0. The zero-order chi connectivity index (χ0) is 14.5. The molecular formula is C17H19NO2. The Bertz CT molecular complexity index is 593. The van der Waals surface area contributed by atoms with Crippen LogP contribution < -0.4 is 5.32 Å². The smallest absolute Gasteiger partial charge is 0.251 e. The quantitative estimate of drug-likeness (QED) is 0.891. The maximum absolute atomic E-state index is 12.2. The van der Waals surface area contributed by atoms with E-state index in [1.807, 2.05) is 37.3 Å². The van der Waals surface area contributed by atoms with Gasteiger partial charge in [0.1, 0.15) is 5.75 Å². The molecule has 20 heavy (non-hydrogen) atoms. The number of rotatable bonds is 4. The Hall–Kier alpha value is -2.29. The van der Waals surface area contributed by atoms with Gasteiger partial charge in [-0.15, -0.1) is 0 Å². The number of aromatic hydroxyl groups is 1. The molecule has 0 spiro atoms. The van der Waals surface area contributed by atoms with Gasteiger partial charge in [0.05, 0.1) is 6.04 Å². The Balaban J connectivity index is 2.15. The van der Waals surface area contributed by atoms with Gasteiger partial charge >= 0.3 is 0 Å². The molecule has 3 heteroatoms. The molecule has 3 nitrogen and oxygen atoms in total. The van der Waals surface area contributed by atoms with Gasteiger partial charge in [0.2, 0.25) is 0 Å². The zero-order valence-electron chi connectivity index (χ0n) is 11.8. The van der Waals surface area contributed by atoms with Gasteiger partial charge in [-0.2, -0.15) is 0 Å². The molecule has 0 heterocycles. The van der Waals surface area contributed by atoms with Crippen molar-refractivity contribution in [3.63, 3.8) is 0 Å². The molecule has 2 N–H and O–H groups in total. The molecule has 1 amide bonds. The monoisotopic (exact) mass is 269 g/mol. The average Bonchev–Trinajstić information content (AvgIpc) is 2.48. The minimum absolute atomic E-state index is 0.0212. The number of benzene rings is 2. The fraction of sp³-hybridized carbons (Fsp3) is 0.235. The Labute approximate surface area is 119 Å². The number of amides is 1. The van der Waals surface area contributed by atoms with E-state index in [0.29, 0.717) is 5.56 Å². The maximum Gasteiger partial charge on any atom is 0.251 e. The van der Waals surface area contributed by atoms with Gasteiger partial charge in [-0.1, -0.05) is 43.3 Å². The molecule has 1 atom stereocenters. The van der Waals surface area contributed by atoms with Crippen LogP contribution in [0.1, 0.15) is 40.9 Å². The zero-order valence-corrected chi connectivity index (χ0v) is 11.8. The lowest BCUT2D eigenvalue weighted by Gasteiger charge is -2.17. The Kier molecular flexibility index (Phi) is 4.41. The summed E-state index contributed by atoms with van der Waals surface area (Å²) in [5.41, 5.74) is 2.32. The number of nitrogens with one attached hydrogen (secondary N) is 1. The van der Waals surface area contributed by atoms with Crippen LogP contribution >= 0.6 is 0 Å². The van der Waals surface area contributed by atoms with E-state index in [9.17, 15) is 9.90 Å². The lowest BCUT2D eigenvalue weighted by Crippen LogP contribution is -2.28. The number of aryl methyl sites for hydroxylation is 1. The lowest BCUT2D eigenvalue weighted by molar-refractivity contribution is 0.0935. The molecule has 0 saturated carbocycles. The first-order valence-corrected chi connectivity index (χ1v) is 6.77. The van der Waals surface area contributed by atoms with Crippen molar-refractivity contribution in [2.75, 3.05) is 0 Å². The average molecular weight is 269 g/mol. The molecule has 0 aliphatic heterocycles. The van der Waals surface area contributed by atoms with E-state index in [2.05, 4.69) is 5.32 Å². The van der Waals surface area contributed by atoms with Crippen molar-refractivity contribution < 1.29 is 9.90 Å². The van der Waals surface area contributed by atoms with Crippen LogP contribution in [0.4, 0.5) is 0 Å². The first-order valence-electron chi connectivity index (χ1n) is 6.77. The van der Waals surface area contributed by atoms with Crippen LogP contribution in [-0.4, -0.2) is 11.0 Å². The summed E-state index contributed by atoms with van der Waals surface area (Å²) in [6.07, 6.45) is 0.813. The van der Waals surface area contributed by atoms with Crippen molar-refractivity contribution in [3.05, 3.63) is 65.2 Å². The largest absolute Gasteiger partial charge is 0.508 e. The van der Waals surface area contributed by atoms with Crippen LogP contribution in [0.2, 0.25) is 0 Å². The number of carbonyl (C=O) groups excluding carboxylic acids is 1. The molecule has 0 aliphatic carbocycles. The van der Waals surface area contributed by atoms with E-state index in [1.54, 1.807) is 19.1 Å². The molecule has 2 aromatic carbocycles. The highest BCUT2D eigenvalue weighted by Gasteiger charge is 2.14. The third-order valence-corrected chi connectivity index (χ3v) is 3.39. The second-order valence-corrected chi connectivity index (χ2v) is 4.85. The fourth-order valence-electron chi connectivity index (χ4n) is 2.10. The van der Waals surface area contributed by atoms with Gasteiger partial charge in [-0.25, -0.2) is 0 Å². The normalized spacial score (nSPS) is 11.9. The summed E-state index contributed by atoms with van der Waals surface area (Å²) in [5.74, 6) is -0.0265. The highest BCUT2D eigenvalue weighted by molar-refractivity contribution is 5.95. The van der Waals surface area contributed by atoms with Crippen LogP contribution in [0.25, 0.3) is 0 Å². The highest BCUT2D eigenvalue weighted by atomic mass is 16.3. The fourth-order valence-corrected chi connectivity index (χ4v) is 2.10. The molecule has 2 aromatic rings. The van der Waals surface area contributed by atoms with Gasteiger partial charge in [-0.3, -0.25) is 4.79 Å². The second-order valence-electron chi connectivity index (χ2n) is 4.85. The predicted octanol–water partition coefficient (Wildman–Crippen LogP) is 3.58. The van der Waals surface area contributed by atoms with Crippen LogP contribution in [0.3, 0.4) is 0 Å². The number of phenolic OH excluding ortho intramolecular Hbond substituents is 1. The Morgan fingerprint density at radius 3 is 2.50 bits per heavy atom. The molecule has 0 saturated heterocycles. The van der Waals surface area contributed by atoms with Crippen molar-refractivity contribution in [3.8, 4) is 5.75 Å². The highest BCUT2D eigenvalue weighted by Crippen LogP contribution is 2.20. The van der Waals surface area contributed by atoms with Gasteiger partial charge in [0.25, 0.3) is 5.91 Å². The molecule has 0 aliphatic rings. The van der Waals surface area contributed by atoms with Crippen molar-refractivity contribution in [2.24, 2.45) is 0 Å². The number of phenols is 1. The van der Waals surface area contributed by atoms with E-state index in [-0.39, 0.29) is 17.7 Å². The Morgan fingerprint density at radius 2 is 1.90 bits per heavy atom. The minimum atomic E-state index is -0.170. The summed E-state index contributed by atoms with van der Waals surface area (Å²) in [5, 5.41) is 12.7. The molecular weight excluding hydrogens is 250 g/mol. The number of hydrogen-bond donors (Lipinski definition) is 2. The van der Waals surface area contributed by atoms with Crippen molar-refractivity contribution in [1.29, 1.82) is 0 Å². The minimum Gasteiger partial charge on any atom is -0.508 e. The summed E-state index contributed by atoms with van der Waals surface area (Å²) >= 11 is 0. The van der Waals surface area contributed by atoms with Gasteiger partial charge in [-0.05, 0) is 36.6 Å². The molecule has 0 fully saturated rings. The first kappa shape index (κ1) is 14.1. The van der Waals surface area contributed by atoms with Crippen molar-refractivity contribution >= 4 is 5.91 Å². The van der Waals surface area contributed by atoms with E-state index in [4.69, 9.17) is 0 Å². The van der Waals surface area contributed by atoms with Gasteiger partial charge in [0.15, 0.2) is 0 Å². The Morgan fingerprint density at radius 1 is 1.20 bits per heavy atom. The van der Waals surface area contributed by atoms with Crippen LogP contribution in [0, 0.1) is 6.92 Å². The lowest BCUT2D eigenvalue weighted by atomic mass is 10.0. The van der Waals surface area contributed by atoms with E-state index >= 15 is 0 Å². The third kappa shape index (κ3) is 3.18. The molecule has 1 unspecified atom stereocenters. The van der Waals surface area contributed by atoms with Crippen LogP contribution in [-0.2, 0) is 0 Å². The summed E-state index contributed by atoms with van der Waals surface area (Å²) in [4.78, 5) is 12.2. The SMILES string of the molecule is CCC(NC(=O)c1ccc(C)c(O)c1)c1ccccc1. The molecule has 104 valence electrons. The van der Waals surface area contributed by atoms with Crippen molar-refractivity contribution in [1.82, 2.24) is 5.32 Å².